The highest BCUT2D eigenvalue weighted by atomic mass is 32.2. The van der Waals surface area contributed by atoms with Crippen molar-refractivity contribution in [2.24, 2.45) is 0 Å². The van der Waals surface area contributed by atoms with Crippen LogP contribution in [-0.2, 0) is 25.8 Å². The summed E-state index contributed by atoms with van der Waals surface area (Å²) in [4.78, 5) is 26.4. The van der Waals surface area contributed by atoms with Gasteiger partial charge in [-0.25, -0.2) is 8.42 Å². The number of nitrogens with zero attached hydrogens (tertiary/aromatic N) is 1. The van der Waals surface area contributed by atoms with E-state index in [4.69, 9.17) is 9.47 Å². The van der Waals surface area contributed by atoms with Gasteiger partial charge in [0.2, 0.25) is 11.8 Å². The van der Waals surface area contributed by atoms with Gasteiger partial charge in [0.1, 0.15) is 0 Å². The van der Waals surface area contributed by atoms with Gasteiger partial charge >= 0.3 is 0 Å². The fourth-order valence-corrected chi connectivity index (χ4v) is 5.12. The first-order valence-corrected chi connectivity index (χ1v) is 12.0. The number of carbonyl (C=O) groups is 2. The van der Waals surface area contributed by atoms with Gasteiger partial charge in [-0.2, -0.15) is 0 Å². The minimum Gasteiger partial charge on any atom is -0.493 e. The smallest absolute Gasteiger partial charge is 0.226 e. The van der Waals surface area contributed by atoms with Crippen LogP contribution in [0.2, 0.25) is 0 Å². The molecule has 1 unspecified atom stereocenters. The number of carbonyl (C=O) groups excluding carboxylic acids is 2. The Balaban J connectivity index is 1.68. The summed E-state index contributed by atoms with van der Waals surface area (Å²) in [5.41, 5.74) is 2.07. The van der Waals surface area contributed by atoms with Crippen molar-refractivity contribution < 1.29 is 27.5 Å². The van der Waals surface area contributed by atoms with Crippen molar-refractivity contribution in [1.29, 1.82) is 0 Å². The van der Waals surface area contributed by atoms with Crippen molar-refractivity contribution in [2.75, 3.05) is 30.2 Å². The largest absolute Gasteiger partial charge is 0.493 e. The molecule has 3 rings (SSSR count). The highest BCUT2D eigenvalue weighted by Gasteiger charge is 2.31. The number of nitrogens with one attached hydrogen (secondary N) is 1. The number of hydrogen-bond donors (Lipinski definition) is 1. The Morgan fingerprint density at radius 2 is 1.81 bits per heavy atom. The molecule has 0 radical (unpaired) electrons. The quantitative estimate of drug-likeness (QED) is 0.649. The maximum Gasteiger partial charge on any atom is 0.226 e. The van der Waals surface area contributed by atoms with E-state index < -0.39 is 15.7 Å². The van der Waals surface area contributed by atoms with Gasteiger partial charge in [0.05, 0.1) is 24.9 Å². The Bertz CT molecular complexity index is 1130. The van der Waals surface area contributed by atoms with Crippen LogP contribution in [-0.4, -0.2) is 46.2 Å². The zero-order chi connectivity index (χ0) is 23.5. The van der Waals surface area contributed by atoms with Crippen molar-refractivity contribution in [2.45, 2.75) is 44.0 Å². The van der Waals surface area contributed by atoms with E-state index >= 15 is 0 Å². The van der Waals surface area contributed by atoms with Crippen LogP contribution >= 0.6 is 0 Å². The fourth-order valence-electron chi connectivity index (χ4n) is 3.83. The molecule has 0 fully saturated rings. The highest BCUT2D eigenvalue weighted by molar-refractivity contribution is 7.91. The number of ether oxygens (including phenoxy) is 2. The lowest BCUT2D eigenvalue weighted by Gasteiger charge is -2.22. The third-order valence-electron chi connectivity index (χ3n) is 5.46. The Labute approximate surface area is 188 Å². The highest BCUT2D eigenvalue weighted by Crippen LogP contribution is 2.34. The zero-order valence-corrected chi connectivity index (χ0v) is 19.5. The molecule has 0 bridgehead atoms. The number of methoxy groups -OCH3 is 2. The molecule has 9 heteroatoms. The lowest BCUT2D eigenvalue weighted by molar-refractivity contribution is -0.118. The summed E-state index contributed by atoms with van der Waals surface area (Å²) in [6.07, 6.45) is 0.799. The van der Waals surface area contributed by atoms with Crippen LogP contribution < -0.4 is 19.7 Å². The standard InChI is InChI=1S/C23H28N2O6S/c1-5-23(27)25-15(2)12-16-13-18(7-8-19(16)25)32(28,29)11-10-22(26)24-17-6-9-20(30-3)21(14-17)31-4/h6-9,13-15H,5,10-12H2,1-4H3,(H,24,26). The van der Waals surface area contributed by atoms with E-state index in [0.717, 1.165) is 11.3 Å². The molecule has 0 saturated carbocycles. The first kappa shape index (κ1) is 23.6. The first-order valence-electron chi connectivity index (χ1n) is 10.4. The minimum absolute atomic E-state index is 0.0114. The van der Waals surface area contributed by atoms with Crippen LogP contribution in [0.5, 0.6) is 11.5 Å². The second kappa shape index (κ2) is 9.60. The number of amides is 2. The molecular weight excluding hydrogens is 432 g/mol. The van der Waals surface area contributed by atoms with Gasteiger partial charge in [-0.1, -0.05) is 6.92 Å². The molecule has 32 heavy (non-hydrogen) atoms. The molecule has 8 nitrogen and oxygen atoms in total. The van der Waals surface area contributed by atoms with Crippen molar-refractivity contribution in [1.82, 2.24) is 0 Å². The van der Waals surface area contributed by atoms with Crippen LogP contribution in [0.3, 0.4) is 0 Å². The van der Waals surface area contributed by atoms with Crippen molar-refractivity contribution >= 4 is 33.0 Å². The average molecular weight is 461 g/mol. The summed E-state index contributed by atoms with van der Waals surface area (Å²) in [5.74, 6) is 0.256. The van der Waals surface area contributed by atoms with Gasteiger partial charge in [0, 0.05) is 36.3 Å². The molecule has 1 aliphatic heterocycles. The summed E-state index contributed by atoms with van der Waals surface area (Å²) in [6, 6.07) is 9.72. The van der Waals surface area contributed by atoms with E-state index in [9.17, 15) is 18.0 Å². The van der Waals surface area contributed by atoms with Gasteiger partial charge in [-0.05, 0) is 49.2 Å². The number of benzene rings is 2. The van der Waals surface area contributed by atoms with Crippen LogP contribution in [0.4, 0.5) is 11.4 Å². The van der Waals surface area contributed by atoms with Gasteiger partial charge in [0.25, 0.3) is 0 Å². The van der Waals surface area contributed by atoms with E-state index in [-0.39, 0.29) is 29.0 Å². The summed E-state index contributed by atoms with van der Waals surface area (Å²) >= 11 is 0. The van der Waals surface area contributed by atoms with Gasteiger partial charge < -0.3 is 19.7 Å². The average Bonchev–Trinajstić information content (AvgIpc) is 3.12. The molecule has 0 saturated heterocycles. The molecule has 0 aromatic heterocycles. The van der Waals surface area contributed by atoms with E-state index in [1.807, 2.05) is 6.92 Å². The molecule has 1 atom stereocenters. The van der Waals surface area contributed by atoms with E-state index in [2.05, 4.69) is 5.32 Å². The van der Waals surface area contributed by atoms with E-state index in [0.29, 0.717) is 30.0 Å². The lowest BCUT2D eigenvalue weighted by atomic mass is 10.1. The summed E-state index contributed by atoms with van der Waals surface area (Å²) < 4.78 is 36.0. The second-order valence-electron chi connectivity index (χ2n) is 7.65. The molecule has 1 heterocycles. The summed E-state index contributed by atoms with van der Waals surface area (Å²) in [5, 5.41) is 2.68. The van der Waals surface area contributed by atoms with Crippen molar-refractivity contribution in [3.63, 3.8) is 0 Å². The molecule has 1 N–H and O–H groups in total. The molecule has 172 valence electrons. The van der Waals surface area contributed by atoms with Gasteiger partial charge in [-0.15, -0.1) is 0 Å². The van der Waals surface area contributed by atoms with Gasteiger partial charge in [-0.3, -0.25) is 9.59 Å². The Hall–Kier alpha value is -3.07. The number of rotatable bonds is 8. The molecule has 0 spiro atoms. The van der Waals surface area contributed by atoms with Crippen molar-refractivity contribution in [3.8, 4) is 11.5 Å². The zero-order valence-electron chi connectivity index (χ0n) is 18.7. The SMILES string of the molecule is CCC(=O)N1c2ccc(S(=O)(=O)CCC(=O)Nc3ccc(OC)c(OC)c3)cc2CC1C. The Kier molecular flexibility index (Phi) is 7.08. The number of anilines is 2. The number of hydrogen-bond acceptors (Lipinski definition) is 6. The minimum atomic E-state index is -3.66. The first-order chi connectivity index (χ1) is 15.2. The maximum absolute atomic E-state index is 12.8. The van der Waals surface area contributed by atoms with E-state index in [1.54, 1.807) is 42.2 Å². The predicted octanol–water partition coefficient (Wildman–Crippen LogP) is 3.19. The third-order valence-corrected chi connectivity index (χ3v) is 7.18. The number of fused-ring (bicyclic) bond motifs is 1. The maximum atomic E-state index is 12.8. The number of sulfone groups is 1. The Morgan fingerprint density at radius 1 is 1.09 bits per heavy atom. The molecule has 0 aliphatic carbocycles. The molecule has 1 aliphatic rings. The Morgan fingerprint density at radius 3 is 2.47 bits per heavy atom. The van der Waals surface area contributed by atoms with Gasteiger partial charge in [0.15, 0.2) is 21.3 Å². The monoisotopic (exact) mass is 460 g/mol. The molecule has 2 aromatic carbocycles. The molecule has 2 aromatic rings. The van der Waals surface area contributed by atoms with Crippen LogP contribution in [0, 0.1) is 0 Å². The second-order valence-corrected chi connectivity index (χ2v) is 9.76. The fraction of sp³-hybridized carbons (Fsp3) is 0.391. The van der Waals surface area contributed by atoms with E-state index in [1.165, 1.54) is 20.3 Å². The van der Waals surface area contributed by atoms with Crippen LogP contribution in [0.15, 0.2) is 41.3 Å². The summed E-state index contributed by atoms with van der Waals surface area (Å²) in [7, 11) is -0.658. The lowest BCUT2D eigenvalue weighted by Crippen LogP contribution is -2.35. The van der Waals surface area contributed by atoms with Crippen molar-refractivity contribution in [3.05, 3.63) is 42.0 Å². The van der Waals surface area contributed by atoms with Crippen LogP contribution in [0.1, 0.15) is 32.3 Å². The van der Waals surface area contributed by atoms with Crippen LogP contribution in [0.25, 0.3) is 0 Å². The predicted molar refractivity (Wildman–Crippen MR) is 122 cm³/mol. The molecular formula is C23H28N2O6S. The topological polar surface area (TPSA) is 102 Å². The summed E-state index contributed by atoms with van der Waals surface area (Å²) in [6.45, 7) is 3.75. The molecule has 2 amide bonds. The third kappa shape index (κ3) is 4.88. The normalized spacial score (nSPS) is 15.2.